The van der Waals surface area contributed by atoms with Gasteiger partial charge in [-0.25, -0.2) is 0 Å². The van der Waals surface area contributed by atoms with E-state index in [-0.39, 0.29) is 12.5 Å². The van der Waals surface area contributed by atoms with E-state index in [1.165, 1.54) is 4.90 Å². The van der Waals surface area contributed by atoms with E-state index in [9.17, 15) is 18.0 Å². The highest BCUT2D eigenvalue weighted by Crippen LogP contribution is 2.38. The number of alkyl halides is 3. The second kappa shape index (κ2) is 5.58. The van der Waals surface area contributed by atoms with Crippen LogP contribution in [-0.4, -0.2) is 59.4 Å². The van der Waals surface area contributed by atoms with Crippen molar-refractivity contribution in [2.24, 2.45) is 11.8 Å². The molecule has 2 rings (SSSR count). The number of aryl methyl sites for hydroxylation is 1. The highest BCUT2D eigenvalue weighted by Gasteiger charge is 2.53. The van der Waals surface area contributed by atoms with E-state index in [4.69, 9.17) is 5.11 Å². The van der Waals surface area contributed by atoms with Gasteiger partial charge in [-0.15, -0.1) is 0 Å². The van der Waals surface area contributed by atoms with Crippen LogP contribution in [0.2, 0.25) is 0 Å². The predicted molar refractivity (Wildman–Crippen MR) is 71.8 cm³/mol. The lowest BCUT2D eigenvalue weighted by atomic mass is 9.96. The SMILES string of the molecule is Cc1nc(N(C)C)nc(N2C[C@@H](C(F)(F)F)[C@H](C(=O)O)C2)n1. The molecule has 1 saturated heterocycles. The van der Waals surface area contributed by atoms with E-state index in [2.05, 4.69) is 15.0 Å². The first-order valence-corrected chi connectivity index (χ1v) is 6.54. The van der Waals surface area contributed by atoms with Crippen molar-refractivity contribution in [1.29, 1.82) is 0 Å². The summed E-state index contributed by atoms with van der Waals surface area (Å²) in [5.41, 5.74) is 0. The highest BCUT2D eigenvalue weighted by molar-refractivity contribution is 5.72. The molecule has 7 nitrogen and oxygen atoms in total. The summed E-state index contributed by atoms with van der Waals surface area (Å²) in [6, 6.07) is 0. The zero-order valence-electron chi connectivity index (χ0n) is 12.3. The Morgan fingerprint density at radius 1 is 1.27 bits per heavy atom. The molecule has 1 N–H and O–H groups in total. The largest absolute Gasteiger partial charge is 0.481 e. The van der Waals surface area contributed by atoms with Crippen LogP contribution < -0.4 is 9.80 Å². The monoisotopic (exact) mass is 319 g/mol. The molecule has 0 aliphatic carbocycles. The van der Waals surface area contributed by atoms with Crippen LogP contribution in [0.15, 0.2) is 0 Å². The zero-order valence-corrected chi connectivity index (χ0v) is 12.3. The van der Waals surface area contributed by atoms with Gasteiger partial charge in [0, 0.05) is 27.2 Å². The molecule has 0 aromatic carbocycles. The molecule has 1 aliphatic rings. The number of aliphatic carboxylic acids is 1. The Labute approximate surface area is 124 Å². The number of nitrogens with zero attached hydrogens (tertiary/aromatic N) is 5. The molecule has 0 spiro atoms. The Hall–Kier alpha value is -2.13. The van der Waals surface area contributed by atoms with Crippen LogP contribution in [0.5, 0.6) is 0 Å². The van der Waals surface area contributed by atoms with Crippen molar-refractivity contribution >= 4 is 17.9 Å². The Morgan fingerprint density at radius 2 is 1.91 bits per heavy atom. The topological polar surface area (TPSA) is 82.5 Å². The van der Waals surface area contributed by atoms with E-state index >= 15 is 0 Å². The average molecular weight is 319 g/mol. The molecule has 2 heterocycles. The predicted octanol–water partition coefficient (Wildman–Crippen LogP) is 0.945. The Morgan fingerprint density at radius 3 is 2.36 bits per heavy atom. The van der Waals surface area contributed by atoms with E-state index in [1.807, 2.05) is 0 Å². The van der Waals surface area contributed by atoms with Gasteiger partial charge in [0.2, 0.25) is 11.9 Å². The Balaban J connectivity index is 2.33. The Kier molecular flexibility index (Phi) is 4.12. The van der Waals surface area contributed by atoms with Crippen molar-refractivity contribution in [3.05, 3.63) is 5.82 Å². The summed E-state index contributed by atoms with van der Waals surface area (Å²) in [7, 11) is 3.39. The molecule has 22 heavy (non-hydrogen) atoms. The smallest absolute Gasteiger partial charge is 0.394 e. The molecule has 1 fully saturated rings. The van der Waals surface area contributed by atoms with Gasteiger partial charge >= 0.3 is 12.1 Å². The fourth-order valence-electron chi connectivity index (χ4n) is 2.34. The van der Waals surface area contributed by atoms with Gasteiger partial charge in [0.1, 0.15) is 5.82 Å². The first-order valence-electron chi connectivity index (χ1n) is 6.54. The molecule has 1 aliphatic heterocycles. The maximum atomic E-state index is 13.0. The summed E-state index contributed by atoms with van der Waals surface area (Å²) >= 11 is 0. The van der Waals surface area contributed by atoms with Gasteiger partial charge in [0.15, 0.2) is 0 Å². The first-order chi connectivity index (χ1) is 10.1. The Bertz CT molecular complexity index is 578. The van der Waals surface area contributed by atoms with E-state index in [0.717, 1.165) is 0 Å². The van der Waals surface area contributed by atoms with Crippen LogP contribution in [-0.2, 0) is 4.79 Å². The molecule has 1 aromatic heterocycles. The molecule has 0 saturated carbocycles. The van der Waals surface area contributed by atoms with E-state index in [0.29, 0.717) is 11.8 Å². The van der Waals surface area contributed by atoms with Crippen LogP contribution in [0.3, 0.4) is 0 Å². The minimum atomic E-state index is -4.58. The summed E-state index contributed by atoms with van der Waals surface area (Å²) in [4.78, 5) is 26.1. The fourth-order valence-corrected chi connectivity index (χ4v) is 2.34. The second-order valence-electron chi connectivity index (χ2n) is 5.37. The lowest BCUT2D eigenvalue weighted by molar-refractivity contribution is -0.187. The quantitative estimate of drug-likeness (QED) is 0.888. The van der Waals surface area contributed by atoms with Crippen molar-refractivity contribution in [2.75, 3.05) is 37.0 Å². The minimum Gasteiger partial charge on any atom is -0.481 e. The number of hydrogen-bond acceptors (Lipinski definition) is 6. The molecule has 0 amide bonds. The van der Waals surface area contributed by atoms with E-state index < -0.39 is 30.5 Å². The van der Waals surface area contributed by atoms with Gasteiger partial charge in [-0.3, -0.25) is 4.79 Å². The standard InChI is InChI=1S/C12H16F3N5O2/c1-6-16-10(19(2)3)18-11(17-6)20-4-7(9(21)22)8(5-20)12(13,14)15/h7-8H,4-5H2,1-3H3,(H,21,22)/t7-,8-/m1/s1. The third-order valence-corrected chi connectivity index (χ3v) is 3.46. The number of anilines is 2. The molecule has 10 heteroatoms. The van der Waals surface area contributed by atoms with Crippen molar-refractivity contribution in [1.82, 2.24) is 15.0 Å². The minimum absolute atomic E-state index is 0.0641. The van der Waals surface area contributed by atoms with Crippen molar-refractivity contribution in [3.8, 4) is 0 Å². The van der Waals surface area contributed by atoms with Crippen LogP contribution in [0.4, 0.5) is 25.1 Å². The molecule has 0 unspecified atom stereocenters. The van der Waals surface area contributed by atoms with Crippen LogP contribution in [0.1, 0.15) is 5.82 Å². The van der Waals surface area contributed by atoms with E-state index in [1.54, 1.807) is 25.9 Å². The summed E-state index contributed by atoms with van der Waals surface area (Å²) in [6.45, 7) is 0.844. The average Bonchev–Trinajstić information content (AvgIpc) is 2.82. The summed E-state index contributed by atoms with van der Waals surface area (Å²) in [5.74, 6) is -4.21. The summed E-state index contributed by atoms with van der Waals surface area (Å²) < 4.78 is 39.0. The van der Waals surface area contributed by atoms with Crippen molar-refractivity contribution in [3.63, 3.8) is 0 Å². The lowest BCUT2D eigenvalue weighted by Crippen LogP contribution is -2.33. The molecular weight excluding hydrogens is 303 g/mol. The number of carboxylic acid groups (broad SMARTS) is 1. The third kappa shape index (κ3) is 3.20. The van der Waals surface area contributed by atoms with Gasteiger partial charge in [-0.1, -0.05) is 0 Å². The maximum Gasteiger partial charge on any atom is 0.394 e. The van der Waals surface area contributed by atoms with Gasteiger partial charge < -0.3 is 14.9 Å². The molecule has 1 aromatic rings. The number of halogens is 3. The summed E-state index contributed by atoms with van der Waals surface area (Å²) in [5, 5.41) is 9.02. The molecule has 0 radical (unpaired) electrons. The normalized spacial score (nSPS) is 22.0. The third-order valence-electron chi connectivity index (χ3n) is 3.46. The van der Waals surface area contributed by atoms with Gasteiger partial charge in [-0.05, 0) is 6.92 Å². The maximum absolute atomic E-state index is 13.0. The molecule has 2 atom stereocenters. The molecule has 122 valence electrons. The number of hydrogen-bond donors (Lipinski definition) is 1. The van der Waals surface area contributed by atoms with Gasteiger partial charge in [-0.2, -0.15) is 28.1 Å². The van der Waals surface area contributed by atoms with Crippen LogP contribution >= 0.6 is 0 Å². The number of rotatable bonds is 3. The molecular formula is C12H16F3N5O2. The molecule has 0 bridgehead atoms. The van der Waals surface area contributed by atoms with Crippen molar-refractivity contribution in [2.45, 2.75) is 13.1 Å². The fraction of sp³-hybridized carbons (Fsp3) is 0.667. The number of aromatic nitrogens is 3. The number of carbonyl (C=O) groups is 1. The van der Waals surface area contributed by atoms with Gasteiger partial charge in [0.05, 0.1) is 11.8 Å². The number of carboxylic acids is 1. The lowest BCUT2D eigenvalue weighted by Gasteiger charge is -2.19. The second-order valence-corrected chi connectivity index (χ2v) is 5.37. The highest BCUT2D eigenvalue weighted by atomic mass is 19.4. The van der Waals surface area contributed by atoms with Crippen LogP contribution in [0, 0.1) is 18.8 Å². The zero-order chi connectivity index (χ0) is 16.7. The van der Waals surface area contributed by atoms with Crippen molar-refractivity contribution < 1.29 is 23.1 Å². The summed E-state index contributed by atoms with van der Waals surface area (Å²) in [6.07, 6.45) is -4.58. The first kappa shape index (κ1) is 16.2. The van der Waals surface area contributed by atoms with Gasteiger partial charge in [0.25, 0.3) is 0 Å². The van der Waals surface area contributed by atoms with Crippen LogP contribution in [0.25, 0.3) is 0 Å².